The standard InChI is InChI=1S/C18H45N3Si2/c1-9-15-22(13-5,19-11-3)21(17-18(7)8)23(14-6,16-10-2)20-12-4/h18-20H,9-17H2,1-8H3. The van der Waals surface area contributed by atoms with Gasteiger partial charge in [-0.25, -0.2) is 0 Å². The van der Waals surface area contributed by atoms with Gasteiger partial charge >= 0.3 is 0 Å². The quantitative estimate of drug-likeness (QED) is 0.432. The molecule has 0 aromatic heterocycles. The highest BCUT2D eigenvalue weighted by Gasteiger charge is 2.48. The zero-order valence-corrected chi connectivity index (χ0v) is 19.4. The van der Waals surface area contributed by atoms with Crippen LogP contribution in [0, 0.1) is 5.92 Å². The van der Waals surface area contributed by atoms with Gasteiger partial charge in [0, 0.05) is 0 Å². The van der Waals surface area contributed by atoms with E-state index in [1.807, 2.05) is 0 Å². The Morgan fingerprint density at radius 3 is 1.35 bits per heavy atom. The van der Waals surface area contributed by atoms with Crippen molar-refractivity contribution in [1.29, 1.82) is 0 Å². The molecule has 0 radical (unpaired) electrons. The summed E-state index contributed by atoms with van der Waals surface area (Å²) in [7, 11) is -3.22. The topological polar surface area (TPSA) is 27.3 Å². The second-order valence-electron chi connectivity index (χ2n) is 7.34. The van der Waals surface area contributed by atoms with Crippen LogP contribution >= 0.6 is 0 Å². The summed E-state index contributed by atoms with van der Waals surface area (Å²) in [5.41, 5.74) is 0. The van der Waals surface area contributed by atoms with Crippen LogP contribution in [0.3, 0.4) is 0 Å². The van der Waals surface area contributed by atoms with Crippen molar-refractivity contribution in [3.8, 4) is 0 Å². The lowest BCUT2D eigenvalue weighted by Crippen LogP contribution is -2.77. The Bertz CT molecular complexity index is 262. The Morgan fingerprint density at radius 1 is 0.739 bits per heavy atom. The van der Waals surface area contributed by atoms with Gasteiger partial charge in [-0.05, 0) is 49.7 Å². The van der Waals surface area contributed by atoms with Crippen LogP contribution in [-0.4, -0.2) is 40.7 Å². The molecule has 2 atom stereocenters. The number of hydrogen-bond donors (Lipinski definition) is 2. The predicted octanol–water partition coefficient (Wildman–Crippen LogP) is 4.91. The first-order valence-electron chi connectivity index (χ1n) is 10.2. The Balaban J connectivity index is 5.98. The lowest BCUT2D eigenvalue weighted by Gasteiger charge is -2.53. The first-order valence-corrected chi connectivity index (χ1v) is 14.9. The highest BCUT2D eigenvalue weighted by Crippen LogP contribution is 2.30. The van der Waals surface area contributed by atoms with Gasteiger partial charge in [-0.1, -0.05) is 68.2 Å². The molecule has 0 bridgehead atoms. The van der Waals surface area contributed by atoms with Crippen molar-refractivity contribution in [2.75, 3.05) is 19.6 Å². The molecule has 2 N–H and O–H groups in total. The minimum absolute atomic E-state index is 0.734. The van der Waals surface area contributed by atoms with Crippen molar-refractivity contribution in [2.24, 2.45) is 5.92 Å². The molecule has 0 fully saturated rings. The van der Waals surface area contributed by atoms with Crippen LogP contribution in [0.1, 0.15) is 68.2 Å². The summed E-state index contributed by atoms with van der Waals surface area (Å²) in [6.45, 7) is 22.5. The lowest BCUT2D eigenvalue weighted by atomic mass is 10.2. The van der Waals surface area contributed by atoms with Gasteiger partial charge in [-0.3, -0.25) is 0 Å². The molecule has 5 heteroatoms. The molecule has 0 spiro atoms. The maximum absolute atomic E-state index is 4.07. The first-order chi connectivity index (χ1) is 10.9. The van der Waals surface area contributed by atoms with E-state index in [1.165, 1.54) is 43.6 Å². The Hall–Kier alpha value is 0.314. The number of nitrogens with one attached hydrogen (secondary N) is 2. The van der Waals surface area contributed by atoms with Crippen molar-refractivity contribution in [3.63, 3.8) is 0 Å². The molecular formula is C18H45N3Si2. The van der Waals surface area contributed by atoms with E-state index in [0.29, 0.717) is 0 Å². The summed E-state index contributed by atoms with van der Waals surface area (Å²) in [4.78, 5) is 8.14. The molecule has 140 valence electrons. The fraction of sp³-hybridized carbons (Fsp3) is 1.00. The molecule has 23 heavy (non-hydrogen) atoms. The maximum Gasteiger partial charge on any atom is 0.198 e. The van der Waals surface area contributed by atoms with Crippen molar-refractivity contribution < 1.29 is 0 Å². The minimum atomic E-state index is -1.61. The summed E-state index contributed by atoms with van der Waals surface area (Å²) < 4.78 is 3.09. The van der Waals surface area contributed by atoms with Crippen LogP contribution in [0.15, 0.2) is 0 Å². The van der Waals surface area contributed by atoms with Gasteiger partial charge in [0.1, 0.15) is 0 Å². The van der Waals surface area contributed by atoms with Gasteiger partial charge in [0.2, 0.25) is 0 Å². The maximum atomic E-state index is 4.07. The fourth-order valence-corrected chi connectivity index (χ4v) is 17.2. The highest BCUT2D eigenvalue weighted by atomic mass is 28.4. The smallest absolute Gasteiger partial charge is 0.198 e. The summed E-state index contributed by atoms with van der Waals surface area (Å²) >= 11 is 0. The van der Waals surface area contributed by atoms with Gasteiger partial charge in [-0.15, -0.1) is 0 Å². The Labute approximate surface area is 149 Å². The average Bonchev–Trinajstić information content (AvgIpc) is 2.52. The lowest BCUT2D eigenvalue weighted by molar-refractivity contribution is 0.455. The summed E-state index contributed by atoms with van der Waals surface area (Å²) in [6, 6.07) is 5.42. The number of hydrogen-bond acceptors (Lipinski definition) is 3. The molecule has 3 nitrogen and oxygen atoms in total. The molecular weight excluding hydrogens is 314 g/mol. The molecule has 0 aromatic rings. The van der Waals surface area contributed by atoms with Gasteiger partial charge < -0.3 is 14.2 Å². The van der Waals surface area contributed by atoms with Crippen LogP contribution in [0.5, 0.6) is 0 Å². The Morgan fingerprint density at radius 2 is 1.13 bits per heavy atom. The molecule has 0 saturated heterocycles. The van der Waals surface area contributed by atoms with E-state index in [1.54, 1.807) is 0 Å². The molecule has 0 rings (SSSR count). The van der Waals surface area contributed by atoms with Crippen LogP contribution in [0.4, 0.5) is 0 Å². The summed E-state index contributed by atoms with van der Waals surface area (Å²) in [5, 5.41) is 0. The van der Waals surface area contributed by atoms with E-state index in [0.717, 1.165) is 19.0 Å². The fourth-order valence-electron chi connectivity index (χ4n) is 4.23. The molecule has 0 aliphatic heterocycles. The second-order valence-corrected chi connectivity index (χ2v) is 16.1. The van der Waals surface area contributed by atoms with Crippen LogP contribution in [0.25, 0.3) is 0 Å². The minimum Gasteiger partial charge on any atom is -0.326 e. The third-order valence-corrected chi connectivity index (χ3v) is 17.1. The highest BCUT2D eigenvalue weighted by molar-refractivity contribution is 6.90. The zero-order chi connectivity index (χ0) is 17.9. The first kappa shape index (κ1) is 23.3. The molecule has 0 heterocycles. The van der Waals surface area contributed by atoms with E-state index in [9.17, 15) is 0 Å². The summed E-state index contributed by atoms with van der Waals surface area (Å²) in [5.74, 6) is 0.734. The van der Waals surface area contributed by atoms with Crippen molar-refractivity contribution in [2.45, 2.75) is 92.4 Å². The largest absolute Gasteiger partial charge is 0.326 e. The van der Waals surface area contributed by atoms with E-state index >= 15 is 0 Å². The Kier molecular flexibility index (Phi) is 12.0. The normalized spacial score (nSPS) is 17.5. The number of nitrogens with zero attached hydrogens (tertiary/aromatic N) is 1. The average molecular weight is 360 g/mol. The predicted molar refractivity (Wildman–Crippen MR) is 112 cm³/mol. The molecule has 2 unspecified atom stereocenters. The zero-order valence-electron chi connectivity index (χ0n) is 17.4. The second kappa shape index (κ2) is 11.8. The molecule has 0 saturated carbocycles. The van der Waals surface area contributed by atoms with E-state index in [4.69, 9.17) is 0 Å². The third-order valence-electron chi connectivity index (χ3n) is 5.09. The molecule has 0 aromatic carbocycles. The van der Waals surface area contributed by atoms with Crippen molar-refractivity contribution >= 4 is 16.8 Å². The van der Waals surface area contributed by atoms with E-state index < -0.39 is 16.8 Å². The number of rotatable bonds is 14. The third kappa shape index (κ3) is 6.27. The van der Waals surface area contributed by atoms with Crippen LogP contribution in [0.2, 0.25) is 24.2 Å². The van der Waals surface area contributed by atoms with E-state index in [2.05, 4.69) is 69.6 Å². The molecule has 0 aliphatic rings. The SMILES string of the molecule is CCC[Si](CC)(NCC)N(CC(C)C)[Si](CC)(CCC)NCC. The van der Waals surface area contributed by atoms with Gasteiger partial charge in [0.05, 0.1) is 0 Å². The molecule has 0 aliphatic carbocycles. The molecule has 0 amide bonds. The van der Waals surface area contributed by atoms with Crippen molar-refractivity contribution in [1.82, 2.24) is 14.2 Å². The van der Waals surface area contributed by atoms with Gasteiger partial charge in [-0.2, -0.15) is 0 Å². The van der Waals surface area contributed by atoms with E-state index in [-0.39, 0.29) is 0 Å². The van der Waals surface area contributed by atoms with Gasteiger partial charge in [0.25, 0.3) is 0 Å². The van der Waals surface area contributed by atoms with Crippen LogP contribution < -0.4 is 9.96 Å². The summed E-state index contributed by atoms with van der Waals surface area (Å²) in [6.07, 6.45) is 2.60. The van der Waals surface area contributed by atoms with Crippen molar-refractivity contribution in [3.05, 3.63) is 0 Å². The monoisotopic (exact) mass is 359 g/mol. The van der Waals surface area contributed by atoms with Crippen LogP contribution in [-0.2, 0) is 0 Å². The van der Waals surface area contributed by atoms with Gasteiger partial charge in [0.15, 0.2) is 16.8 Å².